The topological polar surface area (TPSA) is 66.9 Å². The Labute approximate surface area is 147 Å². The molecule has 0 aliphatic carbocycles. The van der Waals surface area contributed by atoms with Crippen LogP contribution in [0.5, 0.6) is 0 Å². The fraction of sp³-hybridized carbons (Fsp3) is 0.150. The molecule has 0 bridgehead atoms. The molecule has 0 unspecified atom stereocenters. The molecular weight excluding hydrogens is 312 g/mol. The molecule has 0 radical (unpaired) electrons. The van der Waals surface area contributed by atoms with E-state index in [2.05, 4.69) is 33.6 Å². The number of anilines is 2. The predicted octanol–water partition coefficient (Wildman–Crippen LogP) is 3.77. The summed E-state index contributed by atoms with van der Waals surface area (Å²) in [4.78, 5) is 20.7. The minimum Gasteiger partial charge on any atom is -0.354 e. The number of aryl methyl sites for hydroxylation is 2. The van der Waals surface area contributed by atoms with Crippen molar-refractivity contribution < 1.29 is 4.79 Å². The second-order valence-corrected chi connectivity index (χ2v) is 5.91. The molecule has 0 aliphatic heterocycles. The molecule has 25 heavy (non-hydrogen) atoms. The van der Waals surface area contributed by atoms with Gasteiger partial charge in [-0.3, -0.25) is 14.8 Å². The van der Waals surface area contributed by atoms with E-state index in [9.17, 15) is 4.79 Å². The predicted molar refractivity (Wildman–Crippen MR) is 98.8 cm³/mol. The number of pyridine rings is 2. The molecule has 1 aromatic carbocycles. The molecule has 2 heterocycles. The Morgan fingerprint density at radius 3 is 2.72 bits per heavy atom. The van der Waals surface area contributed by atoms with Crippen molar-refractivity contribution in [1.29, 1.82) is 0 Å². The van der Waals surface area contributed by atoms with Gasteiger partial charge in [0.05, 0.1) is 29.7 Å². The van der Waals surface area contributed by atoms with Crippen molar-refractivity contribution >= 4 is 17.3 Å². The quantitative estimate of drug-likeness (QED) is 0.746. The normalized spacial score (nSPS) is 10.3. The zero-order chi connectivity index (χ0) is 17.6. The molecule has 3 rings (SSSR count). The highest BCUT2D eigenvalue weighted by atomic mass is 16.1. The summed E-state index contributed by atoms with van der Waals surface area (Å²) in [7, 11) is 0. The second-order valence-electron chi connectivity index (χ2n) is 5.91. The zero-order valence-electron chi connectivity index (χ0n) is 14.3. The average molecular weight is 332 g/mol. The molecule has 126 valence electrons. The molecular formula is C20H20N4O. The largest absolute Gasteiger partial charge is 0.354 e. The van der Waals surface area contributed by atoms with Crippen molar-refractivity contribution in [2.75, 3.05) is 5.32 Å². The third-order valence-corrected chi connectivity index (χ3v) is 3.82. The lowest BCUT2D eigenvalue weighted by atomic mass is 10.1. The Morgan fingerprint density at radius 2 is 1.96 bits per heavy atom. The van der Waals surface area contributed by atoms with Crippen LogP contribution in [0.2, 0.25) is 0 Å². The monoisotopic (exact) mass is 332 g/mol. The van der Waals surface area contributed by atoms with Crippen LogP contribution in [0.15, 0.2) is 61.1 Å². The fourth-order valence-corrected chi connectivity index (χ4v) is 2.52. The molecule has 0 atom stereocenters. The first-order valence-corrected chi connectivity index (χ1v) is 8.09. The highest BCUT2D eigenvalue weighted by Crippen LogP contribution is 2.21. The lowest BCUT2D eigenvalue weighted by molar-refractivity contribution is 0.0950. The van der Waals surface area contributed by atoms with E-state index < -0.39 is 0 Å². The number of rotatable bonds is 5. The standard InChI is InChI=1S/C20H20N4O/c1-14-6-7-19(15(2)9-14)24-18-10-16(11-21-12-18)20(25)23-13-17-5-3-4-8-22-17/h3-12,24H,13H2,1-2H3,(H,23,25). The SMILES string of the molecule is Cc1ccc(Nc2cncc(C(=O)NCc3ccccn3)c2)c(C)c1. The molecule has 2 aromatic heterocycles. The number of aromatic nitrogens is 2. The van der Waals surface area contributed by atoms with Gasteiger partial charge in [-0.25, -0.2) is 0 Å². The first kappa shape index (κ1) is 16.6. The maximum Gasteiger partial charge on any atom is 0.253 e. The van der Waals surface area contributed by atoms with E-state index in [4.69, 9.17) is 0 Å². The first-order chi connectivity index (χ1) is 12.1. The Kier molecular flexibility index (Phi) is 5.04. The summed E-state index contributed by atoms with van der Waals surface area (Å²) in [5, 5.41) is 6.17. The van der Waals surface area contributed by atoms with E-state index in [0.29, 0.717) is 12.1 Å². The van der Waals surface area contributed by atoms with Gasteiger partial charge in [0.2, 0.25) is 0 Å². The Balaban J connectivity index is 1.69. The number of benzene rings is 1. The van der Waals surface area contributed by atoms with Gasteiger partial charge in [0.1, 0.15) is 0 Å². The minimum atomic E-state index is -0.178. The summed E-state index contributed by atoms with van der Waals surface area (Å²) < 4.78 is 0. The first-order valence-electron chi connectivity index (χ1n) is 8.09. The van der Waals surface area contributed by atoms with E-state index in [1.54, 1.807) is 24.7 Å². The lowest BCUT2D eigenvalue weighted by Crippen LogP contribution is -2.23. The molecule has 0 saturated carbocycles. The molecule has 0 spiro atoms. The Hall–Kier alpha value is -3.21. The van der Waals surface area contributed by atoms with Crippen LogP contribution < -0.4 is 10.6 Å². The molecule has 1 amide bonds. The summed E-state index contributed by atoms with van der Waals surface area (Å²) in [6.45, 7) is 4.49. The van der Waals surface area contributed by atoms with E-state index in [1.165, 1.54) is 5.56 Å². The Bertz CT molecular complexity index is 878. The van der Waals surface area contributed by atoms with Gasteiger partial charge in [-0.05, 0) is 43.7 Å². The van der Waals surface area contributed by atoms with Crippen molar-refractivity contribution in [3.63, 3.8) is 0 Å². The van der Waals surface area contributed by atoms with Crippen LogP contribution >= 0.6 is 0 Å². The van der Waals surface area contributed by atoms with Crippen molar-refractivity contribution in [3.8, 4) is 0 Å². The Morgan fingerprint density at radius 1 is 1.08 bits per heavy atom. The number of nitrogens with one attached hydrogen (secondary N) is 2. The molecule has 5 nitrogen and oxygen atoms in total. The van der Waals surface area contributed by atoms with Gasteiger partial charge < -0.3 is 10.6 Å². The average Bonchev–Trinajstić information content (AvgIpc) is 2.63. The molecule has 3 aromatic rings. The number of hydrogen-bond donors (Lipinski definition) is 2. The summed E-state index contributed by atoms with van der Waals surface area (Å²) in [5.74, 6) is -0.178. The van der Waals surface area contributed by atoms with Crippen LogP contribution in [-0.4, -0.2) is 15.9 Å². The number of amides is 1. The molecule has 2 N–H and O–H groups in total. The van der Waals surface area contributed by atoms with Crippen LogP contribution in [0.4, 0.5) is 11.4 Å². The molecule has 0 fully saturated rings. The smallest absolute Gasteiger partial charge is 0.253 e. The highest BCUT2D eigenvalue weighted by molar-refractivity contribution is 5.94. The number of hydrogen-bond acceptors (Lipinski definition) is 4. The van der Waals surface area contributed by atoms with Crippen LogP contribution in [0.3, 0.4) is 0 Å². The van der Waals surface area contributed by atoms with E-state index in [-0.39, 0.29) is 5.91 Å². The zero-order valence-corrected chi connectivity index (χ0v) is 14.3. The molecule has 5 heteroatoms. The fourth-order valence-electron chi connectivity index (χ4n) is 2.52. The van der Waals surface area contributed by atoms with Gasteiger partial charge in [-0.1, -0.05) is 23.8 Å². The third-order valence-electron chi connectivity index (χ3n) is 3.82. The highest BCUT2D eigenvalue weighted by Gasteiger charge is 2.08. The van der Waals surface area contributed by atoms with Crippen molar-refractivity contribution in [2.45, 2.75) is 20.4 Å². The van der Waals surface area contributed by atoms with Gasteiger partial charge in [0.15, 0.2) is 0 Å². The minimum absolute atomic E-state index is 0.178. The van der Waals surface area contributed by atoms with Crippen LogP contribution in [0, 0.1) is 13.8 Å². The van der Waals surface area contributed by atoms with Crippen LogP contribution in [0.25, 0.3) is 0 Å². The number of carbonyl (C=O) groups excluding carboxylic acids is 1. The second kappa shape index (κ2) is 7.57. The third kappa shape index (κ3) is 4.41. The van der Waals surface area contributed by atoms with Gasteiger partial charge in [0.25, 0.3) is 5.91 Å². The van der Waals surface area contributed by atoms with E-state index in [0.717, 1.165) is 22.6 Å². The summed E-state index contributed by atoms with van der Waals surface area (Å²) in [6, 6.07) is 13.6. The van der Waals surface area contributed by atoms with E-state index in [1.807, 2.05) is 37.3 Å². The van der Waals surface area contributed by atoms with Gasteiger partial charge >= 0.3 is 0 Å². The maximum absolute atomic E-state index is 12.3. The van der Waals surface area contributed by atoms with Crippen LogP contribution in [0.1, 0.15) is 27.2 Å². The summed E-state index contributed by atoms with van der Waals surface area (Å²) in [5.41, 5.74) is 5.45. The number of nitrogens with zero attached hydrogens (tertiary/aromatic N) is 2. The van der Waals surface area contributed by atoms with Crippen molar-refractivity contribution in [3.05, 3.63) is 83.4 Å². The van der Waals surface area contributed by atoms with Gasteiger partial charge in [-0.2, -0.15) is 0 Å². The van der Waals surface area contributed by atoms with Gasteiger partial charge in [0, 0.05) is 18.1 Å². The number of carbonyl (C=O) groups is 1. The van der Waals surface area contributed by atoms with Crippen LogP contribution in [-0.2, 0) is 6.54 Å². The van der Waals surface area contributed by atoms with Crippen molar-refractivity contribution in [2.24, 2.45) is 0 Å². The maximum atomic E-state index is 12.3. The van der Waals surface area contributed by atoms with Gasteiger partial charge in [-0.15, -0.1) is 0 Å². The lowest BCUT2D eigenvalue weighted by Gasteiger charge is -2.11. The van der Waals surface area contributed by atoms with E-state index >= 15 is 0 Å². The molecule has 0 aliphatic rings. The summed E-state index contributed by atoms with van der Waals surface area (Å²) >= 11 is 0. The summed E-state index contributed by atoms with van der Waals surface area (Å²) in [6.07, 6.45) is 4.97. The molecule has 0 saturated heterocycles. The van der Waals surface area contributed by atoms with Crippen molar-refractivity contribution in [1.82, 2.24) is 15.3 Å².